The van der Waals surface area contributed by atoms with Crippen molar-refractivity contribution >= 4 is 0 Å². The van der Waals surface area contributed by atoms with E-state index in [0.717, 1.165) is 0 Å². The number of aromatic nitrogens is 3. The number of hydrogen-bond acceptors (Lipinski definition) is 0. The van der Waals surface area contributed by atoms with E-state index in [1.54, 1.807) is 12.7 Å². The van der Waals surface area contributed by atoms with Crippen molar-refractivity contribution in [3.63, 3.8) is 0 Å². The molecule has 3 N–H and O–H groups in total. The van der Waals surface area contributed by atoms with Gasteiger partial charge >= 0.3 is 6.33 Å². The quantitative estimate of drug-likeness (QED) is 0.393. The summed E-state index contributed by atoms with van der Waals surface area (Å²) in [6.45, 7) is 0. The van der Waals surface area contributed by atoms with Crippen LogP contribution in [0.5, 0.6) is 0 Å². The second-order valence-electron chi connectivity index (χ2n) is 0.744. The van der Waals surface area contributed by atoms with Gasteiger partial charge in [0.25, 0.3) is 6.33 Å². The van der Waals surface area contributed by atoms with Crippen molar-refractivity contribution in [2.75, 3.05) is 0 Å². The first-order valence-corrected chi connectivity index (χ1v) is 1.40. The van der Waals surface area contributed by atoms with Gasteiger partial charge in [-0.2, -0.15) is 0 Å². The normalized spacial score (nSPS) is 8.00. The minimum absolute atomic E-state index is 1.69. The number of rotatable bonds is 0. The third-order valence-electron chi connectivity index (χ3n) is 0.394. The van der Waals surface area contributed by atoms with Crippen LogP contribution in [0.3, 0.4) is 0 Å². The van der Waals surface area contributed by atoms with E-state index in [2.05, 4.69) is 15.2 Å². The van der Waals surface area contributed by atoms with Gasteiger partial charge in [-0.25, -0.2) is 0 Å². The summed E-state index contributed by atoms with van der Waals surface area (Å²) in [7, 11) is 0. The van der Waals surface area contributed by atoms with Crippen LogP contribution in [0, 0.1) is 0 Å². The highest BCUT2D eigenvalue weighted by Crippen LogP contribution is 1.30. The Morgan fingerprint density at radius 1 is 1.60 bits per heavy atom. The molecule has 0 aliphatic rings. The Kier molecular flexibility index (Phi) is 0.400. The monoisotopic (exact) mass is 71.0 g/mol. The molecular weight excluding hydrogens is 66.0 g/mol. The zero-order valence-corrected chi connectivity index (χ0v) is 2.65. The number of H-pyrrole nitrogens is 3. The second-order valence-corrected chi connectivity index (χ2v) is 0.744. The van der Waals surface area contributed by atoms with Gasteiger partial charge < -0.3 is 0 Å². The van der Waals surface area contributed by atoms with Gasteiger partial charge in [0.15, 0.2) is 0 Å². The fourth-order valence-corrected chi connectivity index (χ4v) is 0.208. The highest BCUT2D eigenvalue weighted by atomic mass is 15.2. The molecule has 1 rings (SSSR count). The third kappa shape index (κ3) is 0.238. The summed E-state index contributed by atoms with van der Waals surface area (Å²) >= 11 is 0. The van der Waals surface area contributed by atoms with E-state index in [4.69, 9.17) is 0 Å². The molecule has 0 aliphatic heterocycles. The molecule has 1 aromatic rings. The molecule has 3 heteroatoms. The lowest BCUT2D eigenvalue weighted by molar-refractivity contribution is -0.518. The average Bonchev–Trinajstić information content (AvgIpc) is 1.76. The van der Waals surface area contributed by atoms with E-state index in [0.29, 0.717) is 0 Å². The molecule has 3 nitrogen and oxygen atoms in total. The molecule has 0 amide bonds. The van der Waals surface area contributed by atoms with Crippen molar-refractivity contribution in [1.82, 2.24) is 5.10 Å². The zero-order chi connectivity index (χ0) is 3.54. The van der Waals surface area contributed by atoms with Crippen molar-refractivity contribution in [2.24, 2.45) is 0 Å². The third-order valence-corrected chi connectivity index (χ3v) is 0.394. The first kappa shape index (κ1) is 2.38. The molecule has 0 aromatic carbocycles. The molecule has 0 saturated heterocycles. The predicted octanol–water partition coefficient (Wildman–Crippen LogP) is -1.36. The Morgan fingerprint density at radius 2 is 2.60 bits per heavy atom. The van der Waals surface area contributed by atoms with Crippen LogP contribution >= 0.6 is 0 Å². The Balaban J connectivity index is 3.13. The van der Waals surface area contributed by atoms with Gasteiger partial charge in [0.1, 0.15) is 0 Å². The summed E-state index contributed by atoms with van der Waals surface area (Å²) in [6, 6.07) is 0. The summed E-state index contributed by atoms with van der Waals surface area (Å²) in [5.74, 6) is 0. The standard InChI is InChI=1S/C2H3N3/c1-3-2-5-4-1/h1-2H,(H,3,4,5)/p+2. The zero-order valence-electron chi connectivity index (χ0n) is 2.65. The van der Waals surface area contributed by atoms with Gasteiger partial charge in [0.05, 0.1) is 0 Å². The first-order chi connectivity index (χ1) is 2.50. The molecule has 0 aliphatic carbocycles. The molecule has 0 atom stereocenters. The SMILES string of the molecule is c1[nH][nH+]c[nH+]1. The van der Waals surface area contributed by atoms with Gasteiger partial charge in [0.2, 0.25) is 0 Å². The van der Waals surface area contributed by atoms with Crippen molar-refractivity contribution in [1.29, 1.82) is 0 Å². The van der Waals surface area contributed by atoms with E-state index in [-0.39, 0.29) is 0 Å². The summed E-state index contributed by atoms with van der Waals surface area (Å²) < 4.78 is 0. The first-order valence-electron chi connectivity index (χ1n) is 1.40. The van der Waals surface area contributed by atoms with Crippen LogP contribution in [0.2, 0.25) is 0 Å². The largest absolute Gasteiger partial charge is 0.427 e. The topological polar surface area (TPSA) is 44.1 Å². The van der Waals surface area contributed by atoms with E-state index < -0.39 is 0 Å². The van der Waals surface area contributed by atoms with E-state index in [1.807, 2.05) is 0 Å². The van der Waals surface area contributed by atoms with Crippen LogP contribution < -0.4 is 10.1 Å². The summed E-state index contributed by atoms with van der Waals surface area (Å²) in [6.07, 6.45) is 3.39. The fourth-order valence-electron chi connectivity index (χ4n) is 0.208. The molecule has 0 unspecified atom stereocenters. The Labute approximate surface area is 29.0 Å². The van der Waals surface area contributed by atoms with Crippen LogP contribution in [0.25, 0.3) is 0 Å². The van der Waals surface area contributed by atoms with Gasteiger partial charge in [-0.05, 0) is 0 Å². The Bertz CT molecular complexity index is 61.4. The van der Waals surface area contributed by atoms with Crippen molar-refractivity contribution in [3.8, 4) is 0 Å². The lowest BCUT2D eigenvalue weighted by atomic mass is 11.3. The smallest absolute Gasteiger partial charge is 0.141 e. The minimum Gasteiger partial charge on any atom is -0.141 e. The van der Waals surface area contributed by atoms with Crippen molar-refractivity contribution < 1.29 is 10.1 Å². The lowest BCUT2D eigenvalue weighted by Gasteiger charge is -1.31. The van der Waals surface area contributed by atoms with Crippen LogP contribution in [-0.2, 0) is 0 Å². The molecule has 0 fully saturated rings. The van der Waals surface area contributed by atoms with Gasteiger partial charge in [0, 0.05) is 0 Å². The number of hydrogen-bond donors (Lipinski definition) is 1. The predicted molar refractivity (Wildman–Crippen MR) is 13.9 cm³/mol. The van der Waals surface area contributed by atoms with Crippen LogP contribution in [0.15, 0.2) is 12.7 Å². The molecule has 0 saturated carbocycles. The summed E-state index contributed by atoms with van der Waals surface area (Å²) in [5.41, 5.74) is 0. The summed E-state index contributed by atoms with van der Waals surface area (Å²) in [4.78, 5) is 2.75. The Hall–Kier alpha value is -0.860. The lowest BCUT2D eigenvalue weighted by Crippen LogP contribution is -2.00. The maximum atomic E-state index is 2.75. The van der Waals surface area contributed by atoms with Crippen LogP contribution in [0.4, 0.5) is 0 Å². The van der Waals surface area contributed by atoms with Gasteiger partial charge in [-0.3, -0.25) is 0 Å². The van der Waals surface area contributed by atoms with Crippen LogP contribution in [0.1, 0.15) is 0 Å². The number of nitrogens with one attached hydrogen (secondary N) is 3. The molecule has 0 spiro atoms. The average molecular weight is 71.1 g/mol. The van der Waals surface area contributed by atoms with E-state index >= 15 is 0 Å². The summed E-state index contributed by atoms with van der Waals surface area (Å²) in [5, 5.41) is 5.36. The second kappa shape index (κ2) is 0.839. The maximum absolute atomic E-state index is 2.75. The molecular formula is C2H5N3+2. The van der Waals surface area contributed by atoms with E-state index in [9.17, 15) is 0 Å². The minimum atomic E-state index is 1.69. The fraction of sp³-hybridized carbons (Fsp3) is 0. The molecule has 0 bridgehead atoms. The van der Waals surface area contributed by atoms with Gasteiger partial charge in [-0.15, -0.1) is 10.1 Å². The molecule has 0 radical (unpaired) electrons. The maximum Gasteiger partial charge on any atom is 0.427 e. The molecule has 26 valence electrons. The highest BCUT2D eigenvalue weighted by Gasteiger charge is 1.74. The van der Waals surface area contributed by atoms with Gasteiger partial charge in [-0.1, -0.05) is 5.10 Å². The van der Waals surface area contributed by atoms with Crippen LogP contribution in [-0.4, -0.2) is 5.10 Å². The molecule has 1 heterocycles. The Morgan fingerprint density at radius 3 is 2.80 bits per heavy atom. The number of aromatic amines is 3. The molecule has 1 aromatic heterocycles. The van der Waals surface area contributed by atoms with Crippen molar-refractivity contribution in [2.45, 2.75) is 0 Å². The van der Waals surface area contributed by atoms with E-state index in [1.165, 1.54) is 0 Å². The van der Waals surface area contributed by atoms with Crippen molar-refractivity contribution in [3.05, 3.63) is 12.7 Å². The highest BCUT2D eigenvalue weighted by molar-refractivity contribution is 4.07. The molecule has 5 heavy (non-hydrogen) atoms.